The van der Waals surface area contributed by atoms with Gasteiger partial charge in [-0.3, -0.25) is 19.4 Å². The molecular formula is C29H43N7O5. The van der Waals surface area contributed by atoms with E-state index in [1.165, 1.54) is 10.0 Å². The summed E-state index contributed by atoms with van der Waals surface area (Å²) in [5.74, 6) is -0.842. The first kappa shape index (κ1) is 31.9. The van der Waals surface area contributed by atoms with Gasteiger partial charge in [0, 0.05) is 26.0 Å². The number of aromatic nitrogens is 4. The van der Waals surface area contributed by atoms with Crippen molar-refractivity contribution in [1.82, 2.24) is 36.1 Å². The minimum absolute atomic E-state index is 0.0000720. The Morgan fingerprint density at radius 2 is 1.90 bits per heavy atom. The van der Waals surface area contributed by atoms with Gasteiger partial charge in [-0.15, -0.1) is 10.2 Å². The van der Waals surface area contributed by atoms with E-state index in [1.54, 1.807) is 0 Å². The number of nitrogens with one attached hydrogen (secondary N) is 2. The van der Waals surface area contributed by atoms with E-state index in [0.717, 1.165) is 18.4 Å². The van der Waals surface area contributed by atoms with Crippen molar-refractivity contribution in [2.75, 3.05) is 13.2 Å². The molecule has 224 valence electrons. The maximum Gasteiger partial charge on any atom is 0.268 e. The van der Waals surface area contributed by atoms with Gasteiger partial charge in [0.1, 0.15) is 6.04 Å². The second-order valence-corrected chi connectivity index (χ2v) is 11.0. The summed E-state index contributed by atoms with van der Waals surface area (Å²) in [6, 6.07) is 8.59. The molecule has 41 heavy (non-hydrogen) atoms. The van der Waals surface area contributed by atoms with Gasteiger partial charge < -0.3 is 4.74 Å². The van der Waals surface area contributed by atoms with Crippen LogP contribution in [0.15, 0.2) is 36.4 Å². The molecule has 1 aromatic carbocycles. The Bertz CT molecular complexity index is 1100. The molecule has 1 aliphatic rings. The number of aromatic amines is 1. The van der Waals surface area contributed by atoms with Crippen molar-refractivity contribution in [3.63, 3.8) is 0 Å². The molecule has 1 aliphatic heterocycles. The predicted molar refractivity (Wildman–Crippen MR) is 152 cm³/mol. The molecule has 12 heteroatoms. The molecule has 12 nitrogen and oxygen atoms in total. The summed E-state index contributed by atoms with van der Waals surface area (Å²) < 4.78 is 5.60. The number of benzene rings is 1. The Balaban J connectivity index is 1.95. The smallest absolute Gasteiger partial charge is 0.268 e. The van der Waals surface area contributed by atoms with E-state index in [1.807, 2.05) is 70.2 Å². The Labute approximate surface area is 241 Å². The quantitative estimate of drug-likeness (QED) is 0.330. The predicted octanol–water partition coefficient (Wildman–Crippen LogP) is 3.45. The maximum atomic E-state index is 13.9. The number of amides is 3. The number of nitrogens with zero attached hydrogens (tertiary/aromatic N) is 5. The molecule has 1 aromatic heterocycles. The van der Waals surface area contributed by atoms with Crippen molar-refractivity contribution in [1.29, 1.82) is 0 Å². The van der Waals surface area contributed by atoms with Gasteiger partial charge in [-0.1, -0.05) is 75.4 Å². The summed E-state index contributed by atoms with van der Waals surface area (Å²) in [7, 11) is 0. The summed E-state index contributed by atoms with van der Waals surface area (Å²) in [4.78, 5) is 46.9. The van der Waals surface area contributed by atoms with Gasteiger partial charge in [-0.25, -0.2) is 15.3 Å². The minimum Gasteiger partial charge on any atom is -0.350 e. The van der Waals surface area contributed by atoms with Gasteiger partial charge in [0.15, 0.2) is 12.1 Å². The van der Waals surface area contributed by atoms with Gasteiger partial charge in [-0.2, -0.15) is 5.21 Å². The van der Waals surface area contributed by atoms with Gasteiger partial charge in [-0.05, 0) is 43.1 Å². The molecule has 3 amide bonds. The first-order valence-electron chi connectivity index (χ1n) is 14.4. The molecule has 0 radical (unpaired) electrons. The molecule has 0 spiro atoms. The van der Waals surface area contributed by atoms with Crippen molar-refractivity contribution in [2.24, 2.45) is 11.8 Å². The zero-order valence-electron chi connectivity index (χ0n) is 24.5. The third-order valence-electron chi connectivity index (χ3n) is 6.47. The number of tetrazole rings is 1. The zero-order valence-corrected chi connectivity index (χ0v) is 24.5. The normalized spacial score (nSPS) is 16.2. The van der Waals surface area contributed by atoms with E-state index in [2.05, 4.69) is 26.1 Å². The van der Waals surface area contributed by atoms with Gasteiger partial charge >= 0.3 is 0 Å². The van der Waals surface area contributed by atoms with E-state index < -0.39 is 24.1 Å². The average Bonchev–Trinajstić information content (AvgIpc) is 3.47. The lowest BCUT2D eigenvalue weighted by Gasteiger charge is -2.40. The summed E-state index contributed by atoms with van der Waals surface area (Å²) in [5, 5.41) is 16.4. The zero-order chi connectivity index (χ0) is 29.6. The number of carbonyl (C=O) groups excluding carboxylic acids is 3. The fraction of sp³-hybridized carbons (Fsp3) is 0.586. The van der Waals surface area contributed by atoms with Crippen LogP contribution in [0.5, 0.6) is 0 Å². The van der Waals surface area contributed by atoms with Gasteiger partial charge in [0.25, 0.3) is 5.91 Å². The van der Waals surface area contributed by atoms with Crippen LogP contribution in [0.1, 0.15) is 77.6 Å². The lowest BCUT2D eigenvalue weighted by molar-refractivity contribution is -0.206. The van der Waals surface area contributed by atoms with Crippen molar-refractivity contribution in [3.05, 3.63) is 47.8 Å². The van der Waals surface area contributed by atoms with Crippen molar-refractivity contribution >= 4 is 23.8 Å². The van der Waals surface area contributed by atoms with Gasteiger partial charge in [0.2, 0.25) is 11.8 Å². The van der Waals surface area contributed by atoms with E-state index >= 15 is 0 Å². The van der Waals surface area contributed by atoms with Gasteiger partial charge in [0.05, 0.1) is 6.42 Å². The van der Waals surface area contributed by atoms with Crippen molar-refractivity contribution < 1.29 is 24.0 Å². The van der Waals surface area contributed by atoms with Crippen LogP contribution in [0.3, 0.4) is 0 Å². The lowest BCUT2D eigenvalue weighted by atomic mass is 10.1. The second-order valence-electron chi connectivity index (χ2n) is 11.0. The summed E-state index contributed by atoms with van der Waals surface area (Å²) in [6.07, 6.45) is 6.40. The molecule has 0 saturated carbocycles. The molecular weight excluding hydrogens is 526 g/mol. The molecule has 0 aliphatic carbocycles. The Kier molecular flexibility index (Phi) is 12.9. The number of H-pyrrole nitrogens is 1. The molecule has 2 aromatic rings. The van der Waals surface area contributed by atoms with Crippen LogP contribution >= 0.6 is 0 Å². The average molecular weight is 570 g/mol. The molecule has 0 unspecified atom stereocenters. The number of carbonyl (C=O) groups is 3. The van der Waals surface area contributed by atoms with E-state index in [9.17, 15) is 14.4 Å². The summed E-state index contributed by atoms with van der Waals surface area (Å²) in [6.45, 7) is 8.70. The monoisotopic (exact) mass is 569 g/mol. The summed E-state index contributed by atoms with van der Waals surface area (Å²) in [5.41, 5.74) is 3.47. The van der Waals surface area contributed by atoms with E-state index in [0.29, 0.717) is 19.4 Å². The highest BCUT2D eigenvalue weighted by Crippen LogP contribution is 2.20. The van der Waals surface area contributed by atoms with Crippen molar-refractivity contribution in [2.45, 2.75) is 85.0 Å². The van der Waals surface area contributed by atoms with Crippen LogP contribution in [-0.4, -0.2) is 73.8 Å². The van der Waals surface area contributed by atoms with Crippen LogP contribution < -0.4 is 5.48 Å². The minimum atomic E-state index is -1.06. The first-order chi connectivity index (χ1) is 19.7. The topological polar surface area (TPSA) is 143 Å². The Morgan fingerprint density at radius 3 is 2.54 bits per heavy atom. The Morgan fingerprint density at radius 1 is 1.12 bits per heavy atom. The number of hydrazine groups is 1. The van der Waals surface area contributed by atoms with E-state index in [4.69, 9.17) is 9.57 Å². The van der Waals surface area contributed by atoms with Crippen molar-refractivity contribution in [3.8, 4) is 0 Å². The lowest BCUT2D eigenvalue weighted by Crippen LogP contribution is -2.60. The molecule has 1 saturated heterocycles. The van der Waals surface area contributed by atoms with Crippen LogP contribution in [0.25, 0.3) is 6.08 Å². The standard InChI is InChI=1S/C29H43N7O5/c1-21(2)16-17-26(37)36(35(20-22(3)4)27(38)19-25-30-33-34-31-25)24(14-10-13-23-11-6-5-7-12-23)29(39)32-41-28-15-8-9-18-40-28/h5-7,10-13,21-22,24,28H,8-9,14-20H2,1-4H3,(H,32,39)(H,30,31,33,34)/t24-,28+/m0/s1. The van der Waals surface area contributed by atoms with Crippen LogP contribution in [0, 0.1) is 11.8 Å². The highest BCUT2D eigenvalue weighted by molar-refractivity contribution is 5.89. The molecule has 1 fully saturated rings. The molecule has 2 heterocycles. The first-order valence-corrected chi connectivity index (χ1v) is 14.4. The largest absolute Gasteiger partial charge is 0.350 e. The summed E-state index contributed by atoms with van der Waals surface area (Å²) >= 11 is 0. The number of rotatable bonds is 14. The van der Waals surface area contributed by atoms with Crippen LogP contribution in [-0.2, 0) is 30.4 Å². The molecule has 0 bridgehead atoms. The van der Waals surface area contributed by atoms with Crippen LogP contribution in [0.4, 0.5) is 0 Å². The van der Waals surface area contributed by atoms with E-state index in [-0.39, 0.29) is 49.4 Å². The fourth-order valence-corrected chi connectivity index (χ4v) is 4.35. The third-order valence-corrected chi connectivity index (χ3v) is 6.47. The van der Waals surface area contributed by atoms with Crippen LogP contribution in [0.2, 0.25) is 0 Å². The SMILES string of the molecule is CC(C)CCC(=O)N([C@@H](CC=Cc1ccccc1)C(=O)NO[C@@H]1CCCCO1)N(CC(C)C)C(=O)Cc1nn[nH]n1. The Hall–Kier alpha value is -3.64. The highest BCUT2D eigenvalue weighted by Gasteiger charge is 2.37. The number of ether oxygens (including phenoxy) is 1. The second kappa shape index (κ2) is 16.6. The maximum absolute atomic E-state index is 13.9. The molecule has 2 N–H and O–H groups in total. The number of hydroxylamine groups is 1. The number of hydrogen-bond acceptors (Lipinski definition) is 8. The highest BCUT2D eigenvalue weighted by atomic mass is 16.8. The fourth-order valence-electron chi connectivity index (χ4n) is 4.35. The molecule has 3 rings (SSSR count). The third kappa shape index (κ3) is 10.7. The number of hydrogen-bond donors (Lipinski definition) is 2. The molecule has 2 atom stereocenters.